The maximum Gasteiger partial charge on any atom is 0.234 e. The van der Waals surface area contributed by atoms with Crippen LogP contribution in [0.15, 0.2) is 30.5 Å². The second kappa shape index (κ2) is 7.07. The predicted octanol–water partition coefficient (Wildman–Crippen LogP) is 4.46. The van der Waals surface area contributed by atoms with Gasteiger partial charge in [-0.2, -0.15) is 0 Å². The molecule has 1 aliphatic carbocycles. The van der Waals surface area contributed by atoms with Gasteiger partial charge in [0.25, 0.3) is 0 Å². The van der Waals surface area contributed by atoms with Gasteiger partial charge in [-0.1, -0.05) is 32.1 Å². The van der Waals surface area contributed by atoms with Gasteiger partial charge in [-0.25, -0.2) is 0 Å². The number of fused-ring (bicyclic) bond motifs is 2. The first-order chi connectivity index (χ1) is 13.5. The number of amides is 1. The maximum absolute atomic E-state index is 13.8. The van der Waals surface area contributed by atoms with Crippen molar-refractivity contribution in [3.05, 3.63) is 41.6 Å². The normalized spacial score (nSPS) is 26.8. The minimum Gasteiger partial charge on any atom is -0.361 e. The lowest BCUT2D eigenvalue weighted by Gasteiger charge is -2.52. The molecule has 0 saturated heterocycles. The molecule has 1 aliphatic heterocycles. The molecular weight excluding hydrogens is 346 g/mol. The Morgan fingerprint density at radius 3 is 2.64 bits per heavy atom. The molecule has 1 unspecified atom stereocenters. The minimum atomic E-state index is -0.461. The van der Waals surface area contributed by atoms with E-state index in [-0.39, 0.29) is 11.9 Å². The molecule has 4 nitrogen and oxygen atoms in total. The van der Waals surface area contributed by atoms with Gasteiger partial charge in [0, 0.05) is 42.3 Å². The Balaban J connectivity index is 1.95. The Morgan fingerprint density at radius 1 is 1.25 bits per heavy atom. The van der Waals surface area contributed by atoms with Crippen molar-refractivity contribution >= 4 is 22.4 Å². The van der Waals surface area contributed by atoms with E-state index < -0.39 is 5.41 Å². The molecule has 3 atom stereocenters. The zero-order valence-electron chi connectivity index (χ0n) is 17.9. The van der Waals surface area contributed by atoms with Crippen molar-refractivity contribution in [2.75, 3.05) is 20.1 Å². The number of aromatic amines is 1. The molecule has 0 bridgehead atoms. The van der Waals surface area contributed by atoms with Gasteiger partial charge in [-0.15, -0.1) is 0 Å². The fourth-order valence-corrected chi connectivity index (χ4v) is 5.80. The molecular formula is C24H33N3O. The van der Waals surface area contributed by atoms with E-state index in [1.165, 1.54) is 27.6 Å². The van der Waals surface area contributed by atoms with Crippen LogP contribution >= 0.6 is 0 Å². The molecule has 1 aromatic heterocycles. The predicted molar refractivity (Wildman–Crippen MR) is 116 cm³/mol. The summed E-state index contributed by atoms with van der Waals surface area (Å²) >= 11 is 0. The third-order valence-corrected chi connectivity index (χ3v) is 7.28. The topological polar surface area (TPSA) is 39.3 Å². The van der Waals surface area contributed by atoms with E-state index in [1.807, 2.05) is 4.90 Å². The van der Waals surface area contributed by atoms with Crippen LogP contribution < -0.4 is 0 Å². The third kappa shape index (κ3) is 2.50. The van der Waals surface area contributed by atoms with Gasteiger partial charge < -0.3 is 9.88 Å². The molecule has 150 valence electrons. The molecule has 2 aromatic rings. The highest BCUT2D eigenvalue weighted by Crippen LogP contribution is 2.48. The summed E-state index contributed by atoms with van der Waals surface area (Å²) in [6, 6.07) is 7.08. The van der Waals surface area contributed by atoms with Crippen LogP contribution in [0.25, 0.3) is 16.5 Å². The van der Waals surface area contributed by atoms with Crippen molar-refractivity contribution in [2.24, 2.45) is 5.41 Å². The molecule has 1 amide bonds. The number of carbonyl (C=O) groups excluding carboxylic acids is 1. The van der Waals surface area contributed by atoms with Crippen LogP contribution in [0, 0.1) is 5.41 Å². The smallest absolute Gasteiger partial charge is 0.234 e. The largest absolute Gasteiger partial charge is 0.361 e. The van der Waals surface area contributed by atoms with Crippen molar-refractivity contribution < 1.29 is 4.79 Å². The van der Waals surface area contributed by atoms with Crippen LogP contribution in [-0.2, 0) is 11.2 Å². The summed E-state index contributed by atoms with van der Waals surface area (Å²) < 4.78 is 0. The summed E-state index contributed by atoms with van der Waals surface area (Å²) in [6.45, 7) is 10.1. The molecule has 2 aliphatic rings. The lowest BCUT2D eigenvalue weighted by molar-refractivity contribution is -0.143. The lowest BCUT2D eigenvalue weighted by Crippen LogP contribution is -2.60. The van der Waals surface area contributed by atoms with Crippen LogP contribution in [0.4, 0.5) is 0 Å². The first-order valence-corrected chi connectivity index (χ1v) is 10.9. The number of benzene rings is 1. The zero-order valence-corrected chi connectivity index (χ0v) is 17.9. The molecule has 4 rings (SSSR count). The number of hydrogen-bond acceptors (Lipinski definition) is 2. The van der Waals surface area contributed by atoms with Gasteiger partial charge in [0.1, 0.15) is 0 Å². The summed E-state index contributed by atoms with van der Waals surface area (Å²) in [5, 5.41) is 1.34. The van der Waals surface area contributed by atoms with E-state index in [0.717, 1.165) is 32.4 Å². The van der Waals surface area contributed by atoms with E-state index in [1.54, 1.807) is 0 Å². The monoisotopic (exact) mass is 379 g/mol. The Labute approximate surface area is 168 Å². The van der Waals surface area contributed by atoms with Crippen molar-refractivity contribution in [2.45, 2.75) is 59.0 Å². The van der Waals surface area contributed by atoms with Gasteiger partial charge in [0.2, 0.25) is 5.91 Å². The number of rotatable bonds is 5. The Kier molecular flexibility index (Phi) is 4.86. The number of nitrogens with one attached hydrogen (secondary N) is 1. The van der Waals surface area contributed by atoms with E-state index in [9.17, 15) is 4.79 Å². The highest BCUT2D eigenvalue weighted by molar-refractivity contribution is 6.00. The van der Waals surface area contributed by atoms with Gasteiger partial charge in [0.15, 0.2) is 0 Å². The van der Waals surface area contributed by atoms with Crippen molar-refractivity contribution in [3.8, 4) is 0 Å². The molecule has 28 heavy (non-hydrogen) atoms. The number of hydrogen-bond donors (Lipinski definition) is 1. The first-order valence-electron chi connectivity index (χ1n) is 10.9. The van der Waals surface area contributed by atoms with Crippen molar-refractivity contribution in [1.82, 2.24) is 14.8 Å². The van der Waals surface area contributed by atoms with Crippen LogP contribution in [0.3, 0.4) is 0 Å². The van der Waals surface area contributed by atoms with Crippen molar-refractivity contribution in [1.29, 1.82) is 0 Å². The zero-order chi connectivity index (χ0) is 20.1. The van der Waals surface area contributed by atoms with E-state index in [0.29, 0.717) is 6.04 Å². The summed E-state index contributed by atoms with van der Waals surface area (Å²) in [4.78, 5) is 21.7. The van der Waals surface area contributed by atoms with Gasteiger partial charge >= 0.3 is 0 Å². The number of carbonyl (C=O) groups is 1. The molecule has 2 heterocycles. The molecule has 0 saturated carbocycles. The third-order valence-electron chi connectivity index (χ3n) is 7.28. The number of likely N-dealkylation sites (N-methyl/N-ethyl adjacent to an activating group) is 1. The second-order valence-corrected chi connectivity index (χ2v) is 8.32. The highest BCUT2D eigenvalue weighted by Gasteiger charge is 2.51. The Bertz CT molecular complexity index is 923. The standard InChI is InChI=1S/C24H33N3O/c1-6-21-24(7-2,23(28)27(8-3)9-4)14-18-17-11-10-12-19-22(17)16(15-25-19)13-20(18)26(21)5/h10-12,14-15,20-21,25H,6-9,13H2,1-5H3/t20-,21?,24-/m1/s1. The van der Waals surface area contributed by atoms with Crippen LogP contribution in [-0.4, -0.2) is 52.9 Å². The fourth-order valence-electron chi connectivity index (χ4n) is 5.80. The Hall–Kier alpha value is -2.07. The Morgan fingerprint density at radius 2 is 2.00 bits per heavy atom. The molecule has 1 aromatic carbocycles. The highest BCUT2D eigenvalue weighted by atomic mass is 16.2. The summed E-state index contributed by atoms with van der Waals surface area (Å²) in [7, 11) is 2.23. The quantitative estimate of drug-likeness (QED) is 0.833. The van der Waals surface area contributed by atoms with Gasteiger partial charge in [-0.05, 0) is 62.9 Å². The molecule has 0 radical (unpaired) electrons. The maximum atomic E-state index is 13.8. The average molecular weight is 380 g/mol. The number of nitrogens with zero attached hydrogens (tertiary/aromatic N) is 2. The van der Waals surface area contributed by atoms with Crippen molar-refractivity contribution in [3.63, 3.8) is 0 Å². The van der Waals surface area contributed by atoms with Gasteiger partial charge in [0.05, 0.1) is 5.41 Å². The van der Waals surface area contributed by atoms with E-state index in [4.69, 9.17) is 0 Å². The number of H-pyrrole nitrogens is 1. The fraction of sp³-hybridized carbons (Fsp3) is 0.542. The van der Waals surface area contributed by atoms with Crippen LogP contribution in [0.2, 0.25) is 0 Å². The summed E-state index contributed by atoms with van der Waals surface area (Å²) in [5.41, 5.74) is 4.78. The SMILES string of the molecule is CCC1N(C)[C@@H]2Cc3c[nH]c4cccc(c34)C2=C[C@@]1(CC)C(=O)N(CC)CC. The first kappa shape index (κ1) is 19.3. The molecule has 0 fully saturated rings. The molecule has 1 N–H and O–H groups in total. The van der Waals surface area contributed by atoms with E-state index >= 15 is 0 Å². The van der Waals surface area contributed by atoms with E-state index in [2.05, 4.69) is 75.1 Å². The molecule has 0 spiro atoms. The summed E-state index contributed by atoms with van der Waals surface area (Å²) in [6.07, 6.45) is 7.36. The minimum absolute atomic E-state index is 0.221. The summed E-state index contributed by atoms with van der Waals surface area (Å²) in [5.74, 6) is 0.289. The second-order valence-electron chi connectivity index (χ2n) is 8.32. The van der Waals surface area contributed by atoms with Crippen LogP contribution in [0.1, 0.15) is 51.7 Å². The lowest BCUT2D eigenvalue weighted by atomic mass is 9.66. The van der Waals surface area contributed by atoms with Crippen LogP contribution in [0.5, 0.6) is 0 Å². The molecule has 4 heteroatoms. The number of aromatic nitrogens is 1. The average Bonchev–Trinajstić information content (AvgIpc) is 3.13. The van der Waals surface area contributed by atoms with Gasteiger partial charge in [-0.3, -0.25) is 9.69 Å².